The van der Waals surface area contributed by atoms with Crippen molar-refractivity contribution in [2.45, 2.75) is 78.1 Å². The topological polar surface area (TPSA) is 32.7 Å². The van der Waals surface area contributed by atoms with Crippen LogP contribution in [0.3, 0.4) is 0 Å². The van der Waals surface area contributed by atoms with Crippen LogP contribution in [0.1, 0.15) is 60.8 Å². The molecule has 1 aliphatic carbocycles. The second-order valence-corrected chi connectivity index (χ2v) is 8.94. The smallest absolute Gasteiger partial charge is 0.0760 e. The summed E-state index contributed by atoms with van der Waals surface area (Å²) in [4.78, 5) is 2.51. The quantitative estimate of drug-likeness (QED) is 0.867. The Hall–Kier alpha value is -0.120. The van der Waals surface area contributed by atoms with Crippen molar-refractivity contribution in [2.24, 2.45) is 17.8 Å². The zero-order valence-electron chi connectivity index (χ0n) is 14.9. The monoisotopic (exact) mass is 297 g/mol. The van der Waals surface area contributed by atoms with Gasteiger partial charge in [-0.1, -0.05) is 13.8 Å². The molecule has 0 spiro atoms. The molecule has 124 valence electrons. The van der Waals surface area contributed by atoms with Crippen molar-refractivity contribution < 1.29 is 9.84 Å². The summed E-state index contributed by atoms with van der Waals surface area (Å²) in [6.07, 6.45) is 3.23. The lowest BCUT2D eigenvalue weighted by molar-refractivity contribution is -0.184. The number of rotatable bonds is 3. The fourth-order valence-corrected chi connectivity index (χ4v) is 4.49. The predicted octanol–water partition coefficient (Wildman–Crippen LogP) is 3.31. The largest absolute Gasteiger partial charge is 0.393 e. The van der Waals surface area contributed by atoms with E-state index >= 15 is 0 Å². The molecule has 2 aliphatic rings. The highest BCUT2D eigenvalue weighted by atomic mass is 16.5. The van der Waals surface area contributed by atoms with Gasteiger partial charge in [-0.25, -0.2) is 0 Å². The van der Waals surface area contributed by atoms with E-state index in [0.717, 1.165) is 37.9 Å². The maximum atomic E-state index is 10.4. The number of aliphatic hydroxyl groups is 1. The van der Waals surface area contributed by atoms with E-state index in [1.807, 2.05) is 0 Å². The van der Waals surface area contributed by atoms with Crippen LogP contribution >= 0.6 is 0 Å². The molecule has 0 aromatic heterocycles. The zero-order chi connectivity index (χ0) is 15.8. The van der Waals surface area contributed by atoms with E-state index in [0.29, 0.717) is 5.92 Å². The van der Waals surface area contributed by atoms with Crippen LogP contribution in [0.2, 0.25) is 0 Å². The molecule has 1 aliphatic heterocycles. The van der Waals surface area contributed by atoms with Gasteiger partial charge >= 0.3 is 0 Å². The second-order valence-electron chi connectivity index (χ2n) is 8.94. The van der Waals surface area contributed by atoms with E-state index in [-0.39, 0.29) is 17.3 Å². The van der Waals surface area contributed by atoms with Crippen molar-refractivity contribution in [3.05, 3.63) is 0 Å². The minimum atomic E-state index is -0.117. The molecule has 21 heavy (non-hydrogen) atoms. The summed E-state index contributed by atoms with van der Waals surface area (Å²) < 4.78 is 6.16. The molecule has 3 atom stereocenters. The van der Waals surface area contributed by atoms with E-state index in [4.69, 9.17) is 4.74 Å². The SMILES string of the molecule is CC(C)C1CCC(O)C(CN2CC(C)(C)OC(C)(C)C2)C1. The van der Waals surface area contributed by atoms with E-state index in [9.17, 15) is 5.11 Å². The maximum absolute atomic E-state index is 10.4. The average Bonchev–Trinajstić information content (AvgIpc) is 2.27. The third-order valence-electron chi connectivity index (χ3n) is 5.18. The van der Waals surface area contributed by atoms with Crippen LogP contribution in [0.4, 0.5) is 0 Å². The lowest BCUT2D eigenvalue weighted by Gasteiger charge is -2.49. The first kappa shape index (κ1) is 17.2. The number of nitrogens with zero attached hydrogens (tertiary/aromatic N) is 1. The molecule has 3 heteroatoms. The van der Waals surface area contributed by atoms with Crippen LogP contribution in [-0.4, -0.2) is 46.9 Å². The van der Waals surface area contributed by atoms with Crippen molar-refractivity contribution in [3.8, 4) is 0 Å². The Labute approximate surface area is 131 Å². The zero-order valence-corrected chi connectivity index (χ0v) is 14.9. The summed E-state index contributed by atoms with van der Waals surface area (Å²) in [5.74, 6) is 1.94. The molecule has 2 fully saturated rings. The van der Waals surface area contributed by atoms with Crippen LogP contribution in [0.25, 0.3) is 0 Å². The van der Waals surface area contributed by atoms with Gasteiger partial charge in [-0.2, -0.15) is 0 Å². The first-order chi connectivity index (χ1) is 9.58. The molecule has 2 rings (SSSR count). The van der Waals surface area contributed by atoms with Gasteiger partial charge in [0.2, 0.25) is 0 Å². The average molecular weight is 297 g/mol. The molecule has 0 bridgehead atoms. The van der Waals surface area contributed by atoms with Gasteiger partial charge in [0.15, 0.2) is 0 Å². The molecular weight excluding hydrogens is 262 g/mol. The van der Waals surface area contributed by atoms with Crippen LogP contribution in [-0.2, 0) is 4.74 Å². The third kappa shape index (κ3) is 4.67. The van der Waals surface area contributed by atoms with Crippen molar-refractivity contribution in [1.29, 1.82) is 0 Å². The standard InChI is InChI=1S/C18H35NO2/c1-13(2)14-7-8-16(20)15(9-14)10-19-11-17(3,4)21-18(5,6)12-19/h13-16,20H,7-12H2,1-6H3. The van der Waals surface area contributed by atoms with Crippen LogP contribution in [0.15, 0.2) is 0 Å². The van der Waals surface area contributed by atoms with Crippen molar-refractivity contribution in [3.63, 3.8) is 0 Å². The van der Waals surface area contributed by atoms with Gasteiger partial charge in [0.25, 0.3) is 0 Å². The molecule has 1 saturated carbocycles. The highest BCUT2D eigenvalue weighted by Gasteiger charge is 2.40. The lowest BCUT2D eigenvalue weighted by Crippen LogP contribution is -2.58. The van der Waals surface area contributed by atoms with E-state index in [2.05, 4.69) is 46.4 Å². The lowest BCUT2D eigenvalue weighted by atomic mass is 9.74. The van der Waals surface area contributed by atoms with Crippen LogP contribution < -0.4 is 0 Å². The molecule has 1 saturated heterocycles. The van der Waals surface area contributed by atoms with Crippen LogP contribution in [0.5, 0.6) is 0 Å². The Morgan fingerprint density at radius 2 is 1.67 bits per heavy atom. The maximum Gasteiger partial charge on any atom is 0.0760 e. The number of morpholine rings is 1. The van der Waals surface area contributed by atoms with Gasteiger partial charge in [0.05, 0.1) is 17.3 Å². The third-order valence-corrected chi connectivity index (χ3v) is 5.18. The second kappa shape index (κ2) is 6.17. The minimum Gasteiger partial charge on any atom is -0.393 e. The molecule has 1 N–H and O–H groups in total. The predicted molar refractivity (Wildman–Crippen MR) is 87.4 cm³/mol. The Balaban J connectivity index is 1.99. The number of hydrogen-bond donors (Lipinski definition) is 1. The molecule has 3 nitrogen and oxygen atoms in total. The minimum absolute atomic E-state index is 0.0984. The molecule has 0 aromatic rings. The number of aliphatic hydroxyl groups excluding tert-OH is 1. The molecule has 0 aromatic carbocycles. The van der Waals surface area contributed by atoms with Crippen LogP contribution in [0, 0.1) is 17.8 Å². The number of hydrogen-bond acceptors (Lipinski definition) is 3. The van der Waals surface area contributed by atoms with E-state index in [1.54, 1.807) is 0 Å². The van der Waals surface area contributed by atoms with Crippen molar-refractivity contribution in [1.82, 2.24) is 4.90 Å². The highest BCUT2D eigenvalue weighted by Crippen LogP contribution is 2.36. The van der Waals surface area contributed by atoms with Gasteiger partial charge in [0.1, 0.15) is 0 Å². The summed E-state index contributed by atoms with van der Waals surface area (Å²) in [5, 5.41) is 10.4. The normalized spacial score (nSPS) is 36.9. The summed E-state index contributed by atoms with van der Waals surface area (Å²) in [6, 6.07) is 0. The Morgan fingerprint density at radius 3 is 2.19 bits per heavy atom. The molecule has 0 radical (unpaired) electrons. The molecule has 3 unspecified atom stereocenters. The summed E-state index contributed by atoms with van der Waals surface area (Å²) in [5.41, 5.74) is -0.197. The molecular formula is C18H35NO2. The van der Waals surface area contributed by atoms with E-state index in [1.165, 1.54) is 12.8 Å². The summed E-state index contributed by atoms with van der Waals surface area (Å²) in [6.45, 7) is 16.3. The van der Waals surface area contributed by atoms with Gasteiger partial charge < -0.3 is 9.84 Å². The van der Waals surface area contributed by atoms with Gasteiger partial charge in [-0.05, 0) is 64.7 Å². The first-order valence-corrected chi connectivity index (χ1v) is 8.68. The Kier molecular flexibility index (Phi) is 5.07. The first-order valence-electron chi connectivity index (χ1n) is 8.68. The Morgan fingerprint density at radius 1 is 1.10 bits per heavy atom. The highest BCUT2D eigenvalue weighted by molar-refractivity contribution is 4.91. The summed E-state index contributed by atoms with van der Waals surface area (Å²) >= 11 is 0. The van der Waals surface area contributed by atoms with Gasteiger partial charge in [-0.15, -0.1) is 0 Å². The molecule has 0 amide bonds. The Bertz CT molecular complexity index is 335. The molecule has 1 heterocycles. The summed E-state index contributed by atoms with van der Waals surface area (Å²) in [7, 11) is 0. The number of ether oxygens (including phenoxy) is 1. The fraction of sp³-hybridized carbons (Fsp3) is 1.00. The van der Waals surface area contributed by atoms with Crippen molar-refractivity contribution in [2.75, 3.05) is 19.6 Å². The van der Waals surface area contributed by atoms with Gasteiger partial charge in [-0.3, -0.25) is 4.90 Å². The fourth-order valence-electron chi connectivity index (χ4n) is 4.49. The van der Waals surface area contributed by atoms with E-state index < -0.39 is 0 Å². The van der Waals surface area contributed by atoms with Crippen molar-refractivity contribution >= 4 is 0 Å². The van der Waals surface area contributed by atoms with Gasteiger partial charge in [0, 0.05) is 19.6 Å².